The lowest BCUT2D eigenvalue weighted by atomic mass is 9.95. The second kappa shape index (κ2) is 27.3. The van der Waals surface area contributed by atoms with Crippen LogP contribution in [0.25, 0.3) is 67.5 Å². The van der Waals surface area contributed by atoms with Crippen molar-refractivity contribution >= 4 is 67.9 Å². The van der Waals surface area contributed by atoms with Crippen molar-refractivity contribution in [3.8, 4) is 71.4 Å². The zero-order valence-corrected chi connectivity index (χ0v) is 49.9. The topological polar surface area (TPSA) is 340 Å². The number of terminal acetylenes is 3. The number of carbonyl (C=O) groups excluding carboxylic acids is 3. The molecule has 26 nitrogen and oxygen atoms in total. The van der Waals surface area contributed by atoms with Gasteiger partial charge in [0.15, 0.2) is 6.67 Å². The lowest BCUT2D eigenvalue weighted by Gasteiger charge is -2.37. The van der Waals surface area contributed by atoms with Crippen LogP contribution in [0.15, 0.2) is 68.6 Å². The summed E-state index contributed by atoms with van der Waals surface area (Å²) in [6.45, 7) is 12.1. The van der Waals surface area contributed by atoms with Crippen molar-refractivity contribution in [2.24, 2.45) is 17.8 Å². The third-order valence-corrected chi connectivity index (χ3v) is 15.4. The van der Waals surface area contributed by atoms with Gasteiger partial charge in [0.1, 0.15) is 29.1 Å². The molecular weight excluding hydrogens is 1140 g/mol. The quantitative estimate of drug-likeness (QED) is 0.0477. The maximum atomic E-state index is 12.9. The number of likely N-dealkylation sites (tertiary alicyclic amines) is 3. The van der Waals surface area contributed by atoms with Crippen LogP contribution in [-0.2, 0) is 33.3 Å². The van der Waals surface area contributed by atoms with Crippen molar-refractivity contribution in [3.63, 3.8) is 0 Å². The number of aliphatic hydroxyl groups excluding tert-OH is 1. The molecule has 3 fully saturated rings. The number of nitrogens with one attached hydrogen (secondary N) is 6. The number of aliphatic hydroxyl groups is 2. The Morgan fingerprint density at radius 3 is 1.24 bits per heavy atom. The van der Waals surface area contributed by atoms with Gasteiger partial charge in [0, 0.05) is 111 Å². The van der Waals surface area contributed by atoms with Crippen molar-refractivity contribution < 1.29 is 42.2 Å². The number of hydrogen-bond acceptors (Lipinski definition) is 20. The number of rotatable bonds is 15. The highest BCUT2D eigenvalue weighted by Crippen LogP contribution is 2.38. The van der Waals surface area contributed by atoms with Crippen molar-refractivity contribution in [2.75, 3.05) is 55.2 Å². The first kappa shape index (κ1) is 61.9. The average molecular weight is 1210 g/mol. The van der Waals surface area contributed by atoms with Gasteiger partial charge in [0.05, 0.1) is 53.0 Å². The number of aromatic amines is 3. The largest absolute Gasteiger partial charge is 0.418 e. The number of H-pyrrole nitrogens is 3. The summed E-state index contributed by atoms with van der Waals surface area (Å²) in [7, 11) is 0. The fourth-order valence-corrected chi connectivity index (χ4v) is 11.6. The number of nitrogens with zero attached hydrogens (tertiary/aromatic N) is 12. The van der Waals surface area contributed by atoms with Gasteiger partial charge >= 0.3 is 0 Å². The molecule has 12 rings (SSSR count). The number of amides is 3. The van der Waals surface area contributed by atoms with Gasteiger partial charge < -0.3 is 69.1 Å². The van der Waals surface area contributed by atoms with Crippen LogP contribution in [0.1, 0.15) is 90.8 Å². The van der Waals surface area contributed by atoms with Crippen molar-refractivity contribution in [2.45, 2.75) is 110 Å². The number of carbonyl (C=O) groups is 3. The maximum Gasteiger partial charge on any atom is 0.251 e. The molecule has 0 bridgehead atoms. The molecule has 3 aliphatic heterocycles. The Balaban J connectivity index is 0.000000147. The first-order valence-electron chi connectivity index (χ1n) is 29.1. The monoisotopic (exact) mass is 1210 g/mol. The molecule has 9 aromatic heterocycles. The third-order valence-electron chi connectivity index (χ3n) is 15.4. The number of aromatic nitrogens is 12. The first-order chi connectivity index (χ1) is 42.9. The average Bonchev–Trinajstić information content (AvgIpc) is 1.80. The van der Waals surface area contributed by atoms with Crippen LogP contribution in [-0.4, -0.2) is 161 Å². The highest BCUT2D eigenvalue weighted by Gasteiger charge is 2.33. The molecule has 0 radical (unpaired) electrons. The second-order valence-corrected chi connectivity index (χ2v) is 23.2. The summed E-state index contributed by atoms with van der Waals surface area (Å²) in [4.78, 5) is 65.0. The Morgan fingerprint density at radius 1 is 0.573 bits per heavy atom. The summed E-state index contributed by atoms with van der Waals surface area (Å²) in [5.41, 5.74) is 5.11. The Morgan fingerprint density at radius 2 is 0.921 bits per heavy atom. The minimum Gasteiger partial charge on any atom is -0.418 e. The zero-order chi connectivity index (χ0) is 62.9. The second-order valence-electron chi connectivity index (χ2n) is 23.2. The van der Waals surface area contributed by atoms with E-state index >= 15 is 0 Å². The summed E-state index contributed by atoms with van der Waals surface area (Å²) in [6, 6.07) is 5.79. The van der Waals surface area contributed by atoms with E-state index in [4.69, 9.17) is 32.5 Å². The molecule has 8 N–H and O–H groups in total. The molecule has 6 atom stereocenters. The van der Waals surface area contributed by atoms with Gasteiger partial charge in [-0.1, -0.05) is 38.5 Å². The van der Waals surface area contributed by atoms with Crippen LogP contribution in [0.4, 0.5) is 21.5 Å². The van der Waals surface area contributed by atoms with E-state index in [1.807, 2.05) is 40.4 Å². The smallest absolute Gasteiger partial charge is 0.251 e. The fraction of sp³-hybridized carbons (Fsp3) is 0.419. The highest BCUT2D eigenvalue weighted by atomic mass is 19.1. The van der Waals surface area contributed by atoms with Gasteiger partial charge in [-0.25, -0.2) is 19.3 Å². The summed E-state index contributed by atoms with van der Waals surface area (Å²) >= 11 is 0. The maximum absolute atomic E-state index is 12.9. The predicted octanol–water partition coefficient (Wildman–Crippen LogP) is 7.04. The Bertz CT molecular complexity index is 3930. The van der Waals surface area contributed by atoms with Crippen molar-refractivity contribution in [1.29, 1.82) is 0 Å². The van der Waals surface area contributed by atoms with Gasteiger partial charge in [-0.05, 0) is 69.1 Å². The molecule has 0 unspecified atom stereocenters. The van der Waals surface area contributed by atoms with E-state index in [0.717, 1.165) is 63.8 Å². The van der Waals surface area contributed by atoms with E-state index in [1.54, 1.807) is 43.5 Å². The van der Waals surface area contributed by atoms with Gasteiger partial charge in [0.2, 0.25) is 35.4 Å². The van der Waals surface area contributed by atoms with Gasteiger partial charge in [-0.3, -0.25) is 14.4 Å². The van der Waals surface area contributed by atoms with E-state index in [0.29, 0.717) is 79.4 Å². The molecule has 0 spiro atoms. The summed E-state index contributed by atoms with van der Waals surface area (Å²) in [5.74, 6) is 9.06. The van der Waals surface area contributed by atoms with Gasteiger partial charge in [-0.2, -0.15) is 0 Å². The number of halogens is 1. The number of anilines is 3. The number of pyridine rings is 3. The van der Waals surface area contributed by atoms with E-state index in [1.165, 1.54) is 0 Å². The van der Waals surface area contributed by atoms with Gasteiger partial charge in [-0.15, -0.1) is 49.9 Å². The summed E-state index contributed by atoms with van der Waals surface area (Å²) in [5, 5.41) is 56.4. The number of alkyl halides is 1. The van der Waals surface area contributed by atoms with Crippen LogP contribution in [0.5, 0.6) is 0 Å². The Kier molecular flexibility index (Phi) is 19.0. The van der Waals surface area contributed by atoms with Crippen LogP contribution in [0, 0.1) is 54.8 Å². The van der Waals surface area contributed by atoms with E-state index in [9.17, 15) is 29.0 Å². The van der Waals surface area contributed by atoms with Crippen molar-refractivity contribution in [1.82, 2.24) is 75.2 Å². The lowest BCUT2D eigenvalue weighted by molar-refractivity contribution is -0.132. The molecule has 0 saturated carbocycles. The standard InChI is InChI=1S/C22H26N6O3.C20H21FN6O2.C20H22N6O3/c1-5-6-17(29)28-11-13(2)9-14(12-28)25-18-15-7-8-23-19(15)24-10-16(18)20-26-27-21(31-20)22(3,4)30;1-3-4-17(28)27-10-12(2)7-13(11-27)24-18-14-5-6-22-19(14)23-9-15(18)20-26-25-16(8-21)29-20;1-3-4-17(28)26-9-12(2)7-13(10-26)23-18-14-5-6-21-19(14)22-8-15(18)20-25-24-16(11-27)29-20/h1,7-8,10,13-14,30H,6,9,11-12H2,2-4H3,(H2,23,24,25);1,5-6,9,12-13H,4,7-8,10-11H2,2H3,(H2,22,23,24);1,5-6,8,12-13,27H,4,7,9-11H2,2H3,(H2,21,22,23)/t13-,14+;2*12-,13+/m000/s1. The molecule has 3 saturated heterocycles. The third kappa shape index (κ3) is 14.3. The molecule has 0 aliphatic carbocycles. The predicted molar refractivity (Wildman–Crippen MR) is 328 cm³/mol. The number of piperidine rings is 3. The minimum absolute atomic E-state index is 0.00305. The Hall–Kier alpha value is -10.2. The SMILES string of the molecule is C#CCC(=O)N1C[C@@H](C)C[C@@H](Nc2c(-c3nnc(C(C)(C)O)o3)cnc3[nH]ccc23)C1.C#CCC(=O)N1C[C@@H](C)C[C@@H](Nc2c(-c3nnc(CF)o3)cnc3[nH]ccc23)C1.C#CCC(=O)N1C[C@@H](C)C[C@@H](Nc2c(-c3nnc(CO)o3)cnc3[nH]ccc23)C1. The van der Waals surface area contributed by atoms with Crippen molar-refractivity contribution in [3.05, 3.63) is 73.1 Å². The molecule has 12 heterocycles. The summed E-state index contributed by atoms with van der Waals surface area (Å²) < 4.78 is 29.6. The number of hydrogen-bond donors (Lipinski definition) is 8. The molecule has 3 aliphatic rings. The normalized spacial score (nSPS) is 19.3. The van der Waals surface area contributed by atoms with E-state index in [2.05, 4.69) is 115 Å². The molecule has 9 aromatic rings. The molecule has 3 amide bonds. The molecule has 0 aromatic carbocycles. The summed E-state index contributed by atoms with van der Waals surface area (Å²) in [6.07, 6.45) is 29.3. The van der Waals surface area contributed by atoms with E-state index in [-0.39, 0.29) is 97.1 Å². The van der Waals surface area contributed by atoms with Crippen LogP contribution in [0.3, 0.4) is 0 Å². The fourth-order valence-electron chi connectivity index (χ4n) is 11.6. The lowest BCUT2D eigenvalue weighted by Crippen LogP contribution is -2.48. The number of fused-ring (bicyclic) bond motifs is 3. The van der Waals surface area contributed by atoms with Crippen LogP contribution >= 0.6 is 0 Å². The zero-order valence-electron chi connectivity index (χ0n) is 49.9. The van der Waals surface area contributed by atoms with Crippen LogP contribution in [0.2, 0.25) is 0 Å². The molecule has 89 heavy (non-hydrogen) atoms. The Labute approximate surface area is 511 Å². The molecular formula is C62H69FN18O8. The van der Waals surface area contributed by atoms with Gasteiger partial charge in [0.25, 0.3) is 17.7 Å². The highest BCUT2D eigenvalue weighted by molar-refractivity contribution is 5.99. The van der Waals surface area contributed by atoms with E-state index < -0.39 is 12.3 Å². The molecule has 27 heteroatoms. The minimum atomic E-state index is -1.25. The molecule has 462 valence electrons. The van der Waals surface area contributed by atoms with Crippen LogP contribution < -0.4 is 16.0 Å². The first-order valence-corrected chi connectivity index (χ1v) is 29.1.